The highest BCUT2D eigenvalue weighted by Gasteiger charge is 2.32. The lowest BCUT2D eigenvalue weighted by Crippen LogP contribution is -2.47. The molecule has 1 heterocycles. The number of carboxylic acid groups (broad SMARTS) is 1. The van der Waals surface area contributed by atoms with E-state index in [9.17, 15) is 14.7 Å². The molecule has 1 aromatic carbocycles. The van der Waals surface area contributed by atoms with Crippen molar-refractivity contribution in [3.63, 3.8) is 0 Å². The summed E-state index contributed by atoms with van der Waals surface area (Å²) < 4.78 is 5.54. The lowest BCUT2D eigenvalue weighted by atomic mass is 9.93. The molecule has 1 amide bonds. The van der Waals surface area contributed by atoms with Crippen molar-refractivity contribution in [1.82, 2.24) is 4.90 Å². The number of ether oxygens (including phenoxy) is 1. The lowest BCUT2D eigenvalue weighted by Gasteiger charge is -2.36. The molecule has 23 heavy (non-hydrogen) atoms. The predicted octanol–water partition coefficient (Wildman–Crippen LogP) is 2.94. The first kappa shape index (κ1) is 17.5. The molecule has 0 aliphatic carbocycles. The Balaban J connectivity index is 2.05. The van der Waals surface area contributed by atoms with Crippen LogP contribution in [0.2, 0.25) is 0 Å². The van der Waals surface area contributed by atoms with E-state index in [1.165, 1.54) is 0 Å². The fraction of sp³-hybridized carbons (Fsp3) is 0.556. The number of aliphatic carboxylic acids is 1. The summed E-state index contributed by atoms with van der Waals surface area (Å²) in [7, 11) is 0. The first-order valence-electron chi connectivity index (χ1n) is 8.12. The Morgan fingerprint density at radius 2 is 1.91 bits per heavy atom. The second kappa shape index (κ2) is 7.59. The first-order chi connectivity index (χ1) is 10.9. The quantitative estimate of drug-likeness (QED) is 0.906. The SMILES string of the molecule is CC(C)OCc1ccc(C(=O)N2CC(C(=O)O)CCC2C)cc1. The highest BCUT2D eigenvalue weighted by Crippen LogP contribution is 2.24. The number of benzene rings is 1. The molecule has 5 nitrogen and oxygen atoms in total. The molecule has 0 radical (unpaired) electrons. The normalized spacial score (nSPS) is 21.5. The zero-order valence-electron chi connectivity index (χ0n) is 14.0. The van der Waals surface area contributed by atoms with Gasteiger partial charge in [0.05, 0.1) is 18.6 Å². The van der Waals surface area contributed by atoms with E-state index in [0.717, 1.165) is 12.0 Å². The minimum Gasteiger partial charge on any atom is -0.481 e. The highest BCUT2D eigenvalue weighted by molar-refractivity contribution is 5.94. The Labute approximate surface area is 137 Å². The smallest absolute Gasteiger partial charge is 0.308 e. The van der Waals surface area contributed by atoms with E-state index in [2.05, 4.69) is 0 Å². The van der Waals surface area contributed by atoms with Crippen molar-refractivity contribution in [3.05, 3.63) is 35.4 Å². The second-order valence-electron chi connectivity index (χ2n) is 6.48. The molecule has 5 heteroatoms. The summed E-state index contributed by atoms with van der Waals surface area (Å²) in [5.74, 6) is -1.38. The van der Waals surface area contributed by atoms with Gasteiger partial charge in [0, 0.05) is 18.2 Å². The molecule has 126 valence electrons. The molecule has 0 saturated carbocycles. The summed E-state index contributed by atoms with van der Waals surface area (Å²) in [6, 6.07) is 7.43. The third-order valence-corrected chi connectivity index (χ3v) is 4.28. The topological polar surface area (TPSA) is 66.8 Å². The molecule has 0 bridgehead atoms. The standard InChI is InChI=1S/C18H25NO4/c1-12(2)23-11-14-5-8-15(9-6-14)17(20)19-10-16(18(21)22)7-4-13(19)3/h5-6,8-9,12-13,16H,4,7,10-11H2,1-3H3,(H,21,22). The summed E-state index contributed by atoms with van der Waals surface area (Å²) in [5, 5.41) is 9.18. The summed E-state index contributed by atoms with van der Waals surface area (Å²) in [6.45, 7) is 6.74. The van der Waals surface area contributed by atoms with E-state index in [0.29, 0.717) is 18.6 Å². The van der Waals surface area contributed by atoms with Gasteiger partial charge in [0.2, 0.25) is 0 Å². The maximum Gasteiger partial charge on any atom is 0.308 e. The molecule has 2 unspecified atom stereocenters. The van der Waals surface area contributed by atoms with E-state index >= 15 is 0 Å². The predicted molar refractivity (Wildman–Crippen MR) is 87.2 cm³/mol. The lowest BCUT2D eigenvalue weighted by molar-refractivity contribution is -0.143. The number of carbonyl (C=O) groups excluding carboxylic acids is 1. The minimum absolute atomic E-state index is 0.0713. The van der Waals surface area contributed by atoms with Crippen LogP contribution in [0.4, 0.5) is 0 Å². The maximum absolute atomic E-state index is 12.7. The van der Waals surface area contributed by atoms with Crippen molar-refractivity contribution < 1.29 is 19.4 Å². The number of carboxylic acids is 1. The second-order valence-corrected chi connectivity index (χ2v) is 6.48. The number of hydrogen-bond donors (Lipinski definition) is 1. The minimum atomic E-state index is -0.823. The van der Waals surface area contributed by atoms with Gasteiger partial charge in [0.25, 0.3) is 5.91 Å². The third-order valence-electron chi connectivity index (χ3n) is 4.28. The van der Waals surface area contributed by atoms with Gasteiger partial charge < -0.3 is 14.7 Å². The third kappa shape index (κ3) is 4.55. The van der Waals surface area contributed by atoms with E-state index in [1.807, 2.05) is 32.9 Å². The first-order valence-corrected chi connectivity index (χ1v) is 8.12. The zero-order chi connectivity index (χ0) is 17.0. The fourth-order valence-electron chi connectivity index (χ4n) is 2.76. The Morgan fingerprint density at radius 1 is 1.26 bits per heavy atom. The molecular weight excluding hydrogens is 294 g/mol. The van der Waals surface area contributed by atoms with Crippen molar-refractivity contribution in [2.75, 3.05) is 6.54 Å². The Kier molecular flexibility index (Phi) is 5.77. The highest BCUT2D eigenvalue weighted by atomic mass is 16.5. The number of nitrogens with zero attached hydrogens (tertiary/aromatic N) is 1. The maximum atomic E-state index is 12.7. The largest absolute Gasteiger partial charge is 0.481 e. The molecule has 1 aliphatic heterocycles. The van der Waals surface area contributed by atoms with Crippen molar-refractivity contribution in [3.8, 4) is 0 Å². The molecule has 2 rings (SSSR count). The van der Waals surface area contributed by atoms with Crippen LogP contribution in [0.15, 0.2) is 24.3 Å². The fourth-order valence-corrected chi connectivity index (χ4v) is 2.76. The van der Waals surface area contributed by atoms with E-state index in [-0.39, 0.29) is 24.6 Å². The van der Waals surface area contributed by atoms with Crippen LogP contribution in [0.5, 0.6) is 0 Å². The van der Waals surface area contributed by atoms with Crippen molar-refractivity contribution >= 4 is 11.9 Å². The van der Waals surface area contributed by atoms with Gasteiger partial charge in [-0.3, -0.25) is 9.59 Å². The molecule has 1 fully saturated rings. The molecule has 0 aromatic heterocycles. The Bertz CT molecular complexity index is 553. The van der Waals surface area contributed by atoms with Crippen molar-refractivity contribution in [1.29, 1.82) is 0 Å². The molecule has 2 atom stereocenters. The van der Waals surface area contributed by atoms with Crippen molar-refractivity contribution in [2.24, 2.45) is 5.92 Å². The number of rotatable bonds is 5. The van der Waals surface area contributed by atoms with Gasteiger partial charge in [-0.1, -0.05) is 12.1 Å². The average molecular weight is 319 g/mol. The summed E-state index contributed by atoms with van der Waals surface area (Å²) >= 11 is 0. The van der Waals surface area contributed by atoms with Gasteiger partial charge in [-0.05, 0) is 51.3 Å². The van der Waals surface area contributed by atoms with Crippen LogP contribution in [0, 0.1) is 5.92 Å². The summed E-state index contributed by atoms with van der Waals surface area (Å²) in [5.41, 5.74) is 1.61. The summed E-state index contributed by atoms with van der Waals surface area (Å²) in [6.07, 6.45) is 1.52. The van der Waals surface area contributed by atoms with Gasteiger partial charge in [0.1, 0.15) is 0 Å². The molecule has 1 aromatic rings. The van der Waals surface area contributed by atoms with Gasteiger partial charge in [-0.25, -0.2) is 0 Å². The Hall–Kier alpha value is -1.88. The van der Waals surface area contributed by atoms with Crippen LogP contribution in [0.25, 0.3) is 0 Å². The van der Waals surface area contributed by atoms with Crippen LogP contribution in [-0.4, -0.2) is 40.6 Å². The van der Waals surface area contributed by atoms with Crippen LogP contribution < -0.4 is 0 Å². The molecule has 1 N–H and O–H groups in total. The Morgan fingerprint density at radius 3 is 2.48 bits per heavy atom. The van der Waals surface area contributed by atoms with Crippen molar-refractivity contribution in [2.45, 2.75) is 52.4 Å². The van der Waals surface area contributed by atoms with Gasteiger partial charge in [-0.15, -0.1) is 0 Å². The van der Waals surface area contributed by atoms with E-state index in [4.69, 9.17) is 4.74 Å². The number of amides is 1. The van der Waals surface area contributed by atoms with Crippen LogP contribution in [0.3, 0.4) is 0 Å². The summed E-state index contributed by atoms with van der Waals surface area (Å²) in [4.78, 5) is 25.5. The molecule has 0 spiro atoms. The molecular formula is C18H25NO4. The van der Waals surface area contributed by atoms with Crippen LogP contribution in [-0.2, 0) is 16.1 Å². The number of piperidine rings is 1. The average Bonchev–Trinajstić information content (AvgIpc) is 2.53. The monoisotopic (exact) mass is 319 g/mol. The van der Waals surface area contributed by atoms with Crippen LogP contribution in [0.1, 0.15) is 49.5 Å². The number of carbonyl (C=O) groups is 2. The number of likely N-dealkylation sites (tertiary alicyclic amines) is 1. The van der Waals surface area contributed by atoms with Gasteiger partial charge >= 0.3 is 5.97 Å². The zero-order valence-corrected chi connectivity index (χ0v) is 14.0. The van der Waals surface area contributed by atoms with Crippen LogP contribution >= 0.6 is 0 Å². The molecule has 1 saturated heterocycles. The molecule has 1 aliphatic rings. The van der Waals surface area contributed by atoms with E-state index in [1.54, 1.807) is 17.0 Å². The van der Waals surface area contributed by atoms with E-state index < -0.39 is 11.9 Å². The van der Waals surface area contributed by atoms with Gasteiger partial charge in [-0.2, -0.15) is 0 Å². The van der Waals surface area contributed by atoms with Gasteiger partial charge in [0.15, 0.2) is 0 Å². The number of hydrogen-bond acceptors (Lipinski definition) is 3.